The van der Waals surface area contributed by atoms with Gasteiger partial charge in [-0.25, -0.2) is 0 Å². The Morgan fingerprint density at radius 2 is 1.93 bits per heavy atom. The summed E-state index contributed by atoms with van der Waals surface area (Å²) in [5.74, 6) is 0.0996. The van der Waals surface area contributed by atoms with E-state index in [4.69, 9.17) is 0 Å². The van der Waals surface area contributed by atoms with Crippen molar-refractivity contribution in [1.29, 1.82) is 0 Å². The summed E-state index contributed by atoms with van der Waals surface area (Å²) in [5, 5.41) is 3.25. The van der Waals surface area contributed by atoms with E-state index in [2.05, 4.69) is 33.9 Å². The highest BCUT2D eigenvalue weighted by atomic mass is 19.3. The van der Waals surface area contributed by atoms with E-state index in [9.17, 15) is 13.6 Å². The topological polar surface area (TPSA) is 67.0 Å². The molecule has 1 aromatic carbocycles. The molecule has 2 N–H and O–H groups in total. The van der Waals surface area contributed by atoms with Crippen molar-refractivity contribution in [3.63, 3.8) is 0 Å². The summed E-state index contributed by atoms with van der Waals surface area (Å²) in [7, 11) is 0. The summed E-state index contributed by atoms with van der Waals surface area (Å²) in [5.41, 5.74) is 4.20. The van der Waals surface area contributed by atoms with Gasteiger partial charge in [-0.15, -0.1) is 0 Å². The molecule has 2 heterocycles. The molecule has 2 aromatic heterocycles. The quantitative estimate of drug-likeness (QED) is 0.590. The fourth-order valence-electron chi connectivity index (χ4n) is 3.81. The number of anilines is 2. The molecule has 5 nitrogen and oxygen atoms in total. The van der Waals surface area contributed by atoms with Gasteiger partial charge in [0, 0.05) is 41.8 Å². The molecule has 0 amide bonds. The molecule has 0 saturated heterocycles. The van der Waals surface area contributed by atoms with Crippen molar-refractivity contribution in [2.45, 2.75) is 33.3 Å². The van der Waals surface area contributed by atoms with Gasteiger partial charge in [-0.3, -0.25) is 9.78 Å². The Hall–Kier alpha value is -3.22. The number of ether oxygens (including phenoxy) is 1. The Morgan fingerprint density at radius 1 is 1.17 bits per heavy atom. The number of H-pyrrole nitrogens is 1. The number of Topliss-reactive ketones (excluding diaryl/α,β-unsaturated/α-hetero) is 1. The fraction of sp³-hybridized carbons (Fsp3) is 0.273. The fourth-order valence-corrected chi connectivity index (χ4v) is 3.81. The summed E-state index contributed by atoms with van der Waals surface area (Å²) in [6.45, 7) is 1.24. The zero-order valence-electron chi connectivity index (χ0n) is 16.1. The molecule has 150 valence electrons. The first-order valence-corrected chi connectivity index (χ1v) is 9.33. The number of fused-ring (bicyclic) bond motifs is 1. The summed E-state index contributed by atoms with van der Waals surface area (Å²) in [4.78, 5) is 20.4. The minimum atomic E-state index is -2.90. The monoisotopic (exact) mass is 397 g/mol. The molecule has 0 radical (unpaired) electrons. The molecule has 0 atom stereocenters. The van der Waals surface area contributed by atoms with E-state index in [1.54, 1.807) is 24.5 Å². The van der Waals surface area contributed by atoms with E-state index in [0.717, 1.165) is 23.4 Å². The largest absolute Gasteiger partial charge is 0.435 e. The molecule has 29 heavy (non-hydrogen) atoms. The molecule has 3 aromatic rings. The van der Waals surface area contributed by atoms with Crippen LogP contribution in [0.4, 0.5) is 20.2 Å². The smallest absolute Gasteiger partial charge is 0.387 e. The lowest BCUT2D eigenvalue weighted by atomic mass is 9.76. The third-order valence-corrected chi connectivity index (χ3v) is 4.95. The van der Waals surface area contributed by atoms with Crippen LogP contribution in [-0.2, 0) is 6.42 Å². The first-order chi connectivity index (χ1) is 13.8. The van der Waals surface area contributed by atoms with E-state index in [0.29, 0.717) is 23.4 Å². The number of halogens is 2. The SMILES string of the molecule is CC1(C)CC(=O)c2c([nH]c(-c3ccncc3)c2Nc2cccc(OC(F)F)c2)C1. The van der Waals surface area contributed by atoms with Crippen LogP contribution in [-0.4, -0.2) is 22.4 Å². The number of hydrogen-bond donors (Lipinski definition) is 2. The van der Waals surface area contributed by atoms with Crippen LogP contribution in [0.2, 0.25) is 0 Å². The number of aromatic amines is 1. The van der Waals surface area contributed by atoms with Gasteiger partial charge in [-0.05, 0) is 36.1 Å². The molecule has 0 spiro atoms. The van der Waals surface area contributed by atoms with Gasteiger partial charge in [0.15, 0.2) is 5.78 Å². The average Bonchev–Trinajstić information content (AvgIpc) is 2.99. The summed E-state index contributed by atoms with van der Waals surface area (Å²) >= 11 is 0. The van der Waals surface area contributed by atoms with E-state index >= 15 is 0 Å². The van der Waals surface area contributed by atoms with Crippen LogP contribution in [0.1, 0.15) is 36.3 Å². The lowest BCUT2D eigenvalue weighted by molar-refractivity contribution is -0.0498. The van der Waals surface area contributed by atoms with Crippen molar-refractivity contribution in [3.8, 4) is 17.0 Å². The van der Waals surface area contributed by atoms with Crippen LogP contribution in [0.25, 0.3) is 11.3 Å². The lowest BCUT2D eigenvalue weighted by Crippen LogP contribution is -2.26. The third kappa shape index (κ3) is 3.99. The van der Waals surface area contributed by atoms with Gasteiger partial charge >= 0.3 is 6.61 Å². The Kier molecular flexibility index (Phi) is 4.82. The number of aromatic nitrogens is 2. The van der Waals surface area contributed by atoms with Crippen molar-refractivity contribution in [2.75, 3.05) is 5.32 Å². The maximum atomic E-state index is 13.0. The number of ketones is 1. The molecule has 0 saturated carbocycles. The highest BCUT2D eigenvalue weighted by Gasteiger charge is 2.35. The summed E-state index contributed by atoms with van der Waals surface area (Å²) in [6, 6.07) is 10.0. The summed E-state index contributed by atoms with van der Waals surface area (Å²) < 4.78 is 29.6. The van der Waals surface area contributed by atoms with Crippen molar-refractivity contribution in [2.24, 2.45) is 5.41 Å². The number of pyridine rings is 1. The van der Waals surface area contributed by atoms with Crippen molar-refractivity contribution < 1.29 is 18.3 Å². The maximum absolute atomic E-state index is 13.0. The maximum Gasteiger partial charge on any atom is 0.387 e. The zero-order valence-corrected chi connectivity index (χ0v) is 16.1. The Morgan fingerprint density at radius 3 is 2.66 bits per heavy atom. The number of nitrogens with zero attached hydrogens (tertiary/aromatic N) is 1. The van der Waals surface area contributed by atoms with Crippen LogP contribution in [0.15, 0.2) is 48.8 Å². The zero-order chi connectivity index (χ0) is 20.6. The van der Waals surface area contributed by atoms with Gasteiger partial charge in [0.25, 0.3) is 0 Å². The first kappa shape index (κ1) is 19.1. The van der Waals surface area contributed by atoms with Crippen molar-refractivity contribution >= 4 is 17.2 Å². The number of hydrogen-bond acceptors (Lipinski definition) is 4. The third-order valence-electron chi connectivity index (χ3n) is 4.95. The standard InChI is InChI=1S/C22H21F2N3O2/c1-22(2)11-16-18(17(28)12-22)20(19(27-16)13-6-8-25-9-7-13)26-14-4-3-5-15(10-14)29-21(23)24/h3-10,21,26-27H,11-12H2,1-2H3. The molecular weight excluding hydrogens is 376 g/mol. The van der Waals surface area contributed by atoms with E-state index < -0.39 is 6.61 Å². The van der Waals surface area contributed by atoms with E-state index in [-0.39, 0.29) is 16.9 Å². The predicted octanol–water partition coefficient (Wildman–Crippen LogP) is 5.58. The molecule has 0 fully saturated rings. The normalized spacial score (nSPS) is 15.3. The second-order valence-electron chi connectivity index (χ2n) is 7.94. The van der Waals surface area contributed by atoms with Gasteiger partial charge in [-0.2, -0.15) is 8.78 Å². The van der Waals surface area contributed by atoms with E-state index in [1.165, 1.54) is 12.1 Å². The molecule has 1 aliphatic carbocycles. The highest BCUT2D eigenvalue weighted by Crippen LogP contribution is 2.43. The Bertz CT molecular complexity index is 1050. The Labute approximate surface area is 167 Å². The van der Waals surface area contributed by atoms with Crippen LogP contribution in [0, 0.1) is 5.41 Å². The number of nitrogens with one attached hydrogen (secondary N) is 2. The van der Waals surface area contributed by atoms with Crippen LogP contribution in [0.5, 0.6) is 5.75 Å². The molecule has 4 rings (SSSR count). The lowest BCUT2D eigenvalue weighted by Gasteiger charge is -2.28. The van der Waals surface area contributed by atoms with Crippen LogP contribution < -0.4 is 10.1 Å². The van der Waals surface area contributed by atoms with Crippen LogP contribution in [0.3, 0.4) is 0 Å². The van der Waals surface area contributed by atoms with Crippen molar-refractivity contribution in [1.82, 2.24) is 9.97 Å². The van der Waals surface area contributed by atoms with Gasteiger partial charge in [-0.1, -0.05) is 19.9 Å². The molecule has 0 bridgehead atoms. The van der Waals surface area contributed by atoms with Gasteiger partial charge in [0.05, 0.1) is 16.9 Å². The minimum Gasteiger partial charge on any atom is -0.435 e. The number of alkyl halides is 2. The molecule has 0 aliphatic heterocycles. The first-order valence-electron chi connectivity index (χ1n) is 9.33. The number of carbonyl (C=O) groups excluding carboxylic acids is 1. The molecule has 0 unspecified atom stereocenters. The second-order valence-corrected chi connectivity index (χ2v) is 7.94. The van der Waals surface area contributed by atoms with Crippen LogP contribution >= 0.6 is 0 Å². The number of benzene rings is 1. The number of rotatable bonds is 5. The van der Waals surface area contributed by atoms with Gasteiger partial charge in [0.2, 0.25) is 0 Å². The molecule has 1 aliphatic rings. The Balaban J connectivity index is 1.80. The minimum absolute atomic E-state index is 0.0484. The second kappa shape index (κ2) is 7.31. The predicted molar refractivity (Wildman–Crippen MR) is 107 cm³/mol. The average molecular weight is 397 g/mol. The summed E-state index contributed by atoms with van der Waals surface area (Å²) in [6.07, 6.45) is 4.54. The van der Waals surface area contributed by atoms with Crippen molar-refractivity contribution in [3.05, 3.63) is 60.0 Å². The van der Waals surface area contributed by atoms with Gasteiger partial charge in [0.1, 0.15) is 5.75 Å². The number of carbonyl (C=O) groups is 1. The van der Waals surface area contributed by atoms with Gasteiger partial charge < -0.3 is 15.0 Å². The molecular formula is C22H21F2N3O2. The van der Waals surface area contributed by atoms with E-state index in [1.807, 2.05) is 12.1 Å². The molecule has 7 heteroatoms. The highest BCUT2D eigenvalue weighted by molar-refractivity contribution is 6.07.